The molecule has 0 spiro atoms. The molecule has 1 amide bonds. The van der Waals surface area contributed by atoms with Crippen molar-refractivity contribution in [3.8, 4) is 0 Å². The van der Waals surface area contributed by atoms with E-state index >= 15 is 0 Å². The molecule has 0 saturated carbocycles. The van der Waals surface area contributed by atoms with Crippen LogP contribution in [0.1, 0.15) is 15.9 Å². The zero-order valence-corrected chi connectivity index (χ0v) is 9.68. The number of pyridine rings is 1. The van der Waals surface area contributed by atoms with E-state index in [9.17, 15) is 13.6 Å². The van der Waals surface area contributed by atoms with Crippen molar-refractivity contribution in [3.05, 3.63) is 65.5 Å². The molecule has 1 aromatic carbocycles. The second-order valence-corrected chi connectivity index (χ2v) is 3.61. The van der Waals surface area contributed by atoms with Gasteiger partial charge in [-0.25, -0.2) is 14.2 Å². The van der Waals surface area contributed by atoms with Gasteiger partial charge in [-0.05, 0) is 24.3 Å². The number of nitrogens with one attached hydrogen (secondary N) is 1. The second-order valence-electron chi connectivity index (χ2n) is 3.61. The summed E-state index contributed by atoms with van der Waals surface area (Å²) in [5, 5.41) is 3.59. The maximum Gasteiger partial charge on any atom is 0.272 e. The summed E-state index contributed by atoms with van der Waals surface area (Å²) in [6.07, 6.45) is 4.01. The molecule has 1 aromatic heterocycles. The Labute approximate surface area is 107 Å². The third-order valence-corrected chi connectivity index (χ3v) is 2.26. The molecule has 0 saturated heterocycles. The van der Waals surface area contributed by atoms with Gasteiger partial charge >= 0.3 is 0 Å². The van der Waals surface area contributed by atoms with Gasteiger partial charge in [0.25, 0.3) is 5.91 Å². The van der Waals surface area contributed by atoms with Crippen LogP contribution in [-0.2, 0) is 0 Å². The monoisotopic (exact) mass is 261 g/mol. The Morgan fingerprint density at radius 1 is 1.32 bits per heavy atom. The summed E-state index contributed by atoms with van der Waals surface area (Å²) in [4.78, 5) is 15.3. The first-order valence-electron chi connectivity index (χ1n) is 5.35. The minimum Gasteiger partial charge on any atom is -0.267 e. The van der Waals surface area contributed by atoms with E-state index in [4.69, 9.17) is 0 Å². The normalized spacial score (nSPS) is 10.6. The molecule has 96 valence electrons. The number of benzene rings is 1. The van der Waals surface area contributed by atoms with Crippen molar-refractivity contribution < 1.29 is 13.6 Å². The van der Waals surface area contributed by atoms with Crippen molar-refractivity contribution in [2.75, 3.05) is 0 Å². The van der Waals surface area contributed by atoms with Crippen LogP contribution in [0.4, 0.5) is 8.78 Å². The van der Waals surface area contributed by atoms with Crippen LogP contribution in [0.15, 0.2) is 47.8 Å². The Kier molecular flexibility index (Phi) is 3.92. The Bertz CT molecular complexity index is 615. The summed E-state index contributed by atoms with van der Waals surface area (Å²) in [7, 11) is 0. The standard InChI is InChI=1S/C13H9F2N3O/c14-11-4-3-9(12(15)6-11)8-17-18-13(19)10-2-1-5-16-7-10/h1-8H,(H,18,19)/b17-8+. The number of carbonyl (C=O) groups excluding carboxylic acids is 1. The SMILES string of the molecule is O=C(N/N=C/c1ccc(F)cc1F)c1cccnc1. The third-order valence-electron chi connectivity index (χ3n) is 2.26. The molecule has 0 fully saturated rings. The number of carbonyl (C=O) groups is 1. The van der Waals surface area contributed by atoms with Gasteiger partial charge in [0.05, 0.1) is 11.8 Å². The van der Waals surface area contributed by atoms with Crippen LogP contribution in [0.3, 0.4) is 0 Å². The quantitative estimate of drug-likeness (QED) is 0.679. The van der Waals surface area contributed by atoms with Crippen molar-refractivity contribution in [1.29, 1.82) is 0 Å². The number of rotatable bonds is 3. The van der Waals surface area contributed by atoms with Crippen molar-refractivity contribution >= 4 is 12.1 Å². The van der Waals surface area contributed by atoms with Crippen LogP contribution in [-0.4, -0.2) is 17.1 Å². The molecule has 19 heavy (non-hydrogen) atoms. The highest BCUT2D eigenvalue weighted by Crippen LogP contribution is 2.06. The van der Waals surface area contributed by atoms with E-state index in [-0.39, 0.29) is 5.56 Å². The Balaban J connectivity index is 2.02. The van der Waals surface area contributed by atoms with Gasteiger partial charge in [0.1, 0.15) is 11.6 Å². The fourth-order valence-electron chi connectivity index (χ4n) is 1.33. The van der Waals surface area contributed by atoms with Gasteiger partial charge in [-0.1, -0.05) is 0 Å². The smallest absolute Gasteiger partial charge is 0.267 e. The highest BCUT2D eigenvalue weighted by molar-refractivity contribution is 5.94. The molecule has 1 N–H and O–H groups in total. The highest BCUT2D eigenvalue weighted by Gasteiger charge is 2.03. The van der Waals surface area contributed by atoms with E-state index in [1.54, 1.807) is 12.1 Å². The molecule has 2 rings (SSSR count). The number of hydrazone groups is 1. The average Bonchev–Trinajstić information content (AvgIpc) is 2.42. The van der Waals surface area contributed by atoms with Crippen molar-refractivity contribution in [3.63, 3.8) is 0 Å². The molecular weight excluding hydrogens is 252 g/mol. The molecule has 1 heterocycles. The van der Waals surface area contributed by atoms with Gasteiger partial charge in [0, 0.05) is 24.0 Å². The molecule has 2 aromatic rings. The number of hydrogen-bond acceptors (Lipinski definition) is 3. The molecular formula is C13H9F2N3O. The summed E-state index contributed by atoms with van der Waals surface area (Å²) >= 11 is 0. The lowest BCUT2D eigenvalue weighted by molar-refractivity contribution is 0.0954. The van der Waals surface area contributed by atoms with Gasteiger partial charge in [0.15, 0.2) is 0 Å². The molecule has 6 heteroatoms. The average molecular weight is 261 g/mol. The first kappa shape index (κ1) is 12.8. The van der Waals surface area contributed by atoms with E-state index < -0.39 is 17.5 Å². The van der Waals surface area contributed by atoms with E-state index in [0.29, 0.717) is 5.56 Å². The number of hydrogen-bond donors (Lipinski definition) is 1. The number of amides is 1. The minimum absolute atomic E-state index is 0.0767. The lowest BCUT2D eigenvalue weighted by Gasteiger charge is -1.99. The van der Waals surface area contributed by atoms with Crippen LogP contribution in [0.2, 0.25) is 0 Å². The number of halogens is 2. The lowest BCUT2D eigenvalue weighted by Crippen LogP contribution is -2.17. The van der Waals surface area contributed by atoms with Gasteiger partial charge in [-0.2, -0.15) is 5.10 Å². The highest BCUT2D eigenvalue weighted by atomic mass is 19.1. The first-order valence-corrected chi connectivity index (χ1v) is 5.35. The fourth-order valence-corrected chi connectivity index (χ4v) is 1.33. The van der Waals surface area contributed by atoms with E-state index in [0.717, 1.165) is 18.3 Å². The topological polar surface area (TPSA) is 54.4 Å². The minimum atomic E-state index is -0.751. The second kappa shape index (κ2) is 5.81. The van der Waals surface area contributed by atoms with Crippen molar-refractivity contribution in [2.24, 2.45) is 5.10 Å². The summed E-state index contributed by atoms with van der Waals surface area (Å²) in [6.45, 7) is 0. The van der Waals surface area contributed by atoms with Crippen molar-refractivity contribution in [2.45, 2.75) is 0 Å². The zero-order chi connectivity index (χ0) is 13.7. The number of nitrogens with zero attached hydrogens (tertiary/aromatic N) is 2. The van der Waals surface area contributed by atoms with E-state index in [1.165, 1.54) is 18.5 Å². The molecule has 4 nitrogen and oxygen atoms in total. The molecule has 0 aliphatic rings. The maximum absolute atomic E-state index is 13.2. The Morgan fingerprint density at radius 2 is 2.16 bits per heavy atom. The molecule has 0 unspecified atom stereocenters. The Morgan fingerprint density at radius 3 is 2.84 bits per heavy atom. The summed E-state index contributed by atoms with van der Waals surface area (Å²) in [6, 6.07) is 6.25. The molecule has 0 bridgehead atoms. The molecule has 0 atom stereocenters. The Hall–Kier alpha value is -2.63. The zero-order valence-electron chi connectivity index (χ0n) is 9.68. The fraction of sp³-hybridized carbons (Fsp3) is 0. The molecule has 0 radical (unpaired) electrons. The lowest BCUT2D eigenvalue weighted by atomic mass is 10.2. The number of aromatic nitrogens is 1. The van der Waals surface area contributed by atoms with Crippen LogP contribution < -0.4 is 5.43 Å². The van der Waals surface area contributed by atoms with E-state index in [2.05, 4.69) is 15.5 Å². The summed E-state index contributed by atoms with van der Waals surface area (Å²) < 4.78 is 25.9. The summed E-state index contributed by atoms with van der Waals surface area (Å²) in [5.41, 5.74) is 2.63. The van der Waals surface area contributed by atoms with Gasteiger partial charge in [0.2, 0.25) is 0 Å². The van der Waals surface area contributed by atoms with Crippen molar-refractivity contribution in [1.82, 2.24) is 10.4 Å². The van der Waals surface area contributed by atoms with Crippen LogP contribution in [0.25, 0.3) is 0 Å². The predicted molar refractivity (Wildman–Crippen MR) is 65.7 cm³/mol. The molecule has 0 aliphatic heterocycles. The molecule has 0 aliphatic carbocycles. The maximum atomic E-state index is 13.2. The van der Waals surface area contributed by atoms with E-state index in [1.807, 2.05) is 0 Å². The predicted octanol–water partition coefficient (Wildman–Crippen LogP) is 2.12. The van der Waals surface area contributed by atoms with Crippen LogP contribution in [0.5, 0.6) is 0 Å². The van der Waals surface area contributed by atoms with Crippen LogP contribution >= 0.6 is 0 Å². The largest absolute Gasteiger partial charge is 0.272 e. The van der Waals surface area contributed by atoms with Crippen LogP contribution in [0, 0.1) is 11.6 Å². The van der Waals surface area contributed by atoms with Gasteiger partial charge < -0.3 is 0 Å². The van der Waals surface area contributed by atoms with Gasteiger partial charge in [-0.3, -0.25) is 9.78 Å². The summed E-state index contributed by atoms with van der Waals surface area (Å²) in [5.74, 6) is -1.89. The first-order chi connectivity index (χ1) is 9.16. The van der Waals surface area contributed by atoms with Gasteiger partial charge in [-0.15, -0.1) is 0 Å². The third kappa shape index (κ3) is 3.41.